The second kappa shape index (κ2) is 4.09. The van der Waals surface area contributed by atoms with Crippen LogP contribution in [0.4, 0.5) is 0 Å². The van der Waals surface area contributed by atoms with Crippen LogP contribution in [0.25, 0.3) is 0 Å². The molecule has 0 heterocycles. The third-order valence-corrected chi connectivity index (χ3v) is 1.34. The molecule has 0 aliphatic rings. The molecule has 0 aromatic rings. The lowest BCUT2D eigenvalue weighted by Crippen LogP contribution is -2.35. The number of nitrogens with one attached hydrogen (secondary N) is 1. The molecule has 0 aliphatic carbocycles. The van der Waals surface area contributed by atoms with Gasteiger partial charge in [0.1, 0.15) is 0 Å². The van der Waals surface area contributed by atoms with Gasteiger partial charge in [0.15, 0.2) is 0 Å². The zero-order valence-corrected chi connectivity index (χ0v) is 6.85. The van der Waals surface area contributed by atoms with Crippen molar-refractivity contribution in [2.45, 2.75) is 26.8 Å². The van der Waals surface area contributed by atoms with Crippen LogP contribution in [0.1, 0.15) is 20.8 Å². The second-order valence-corrected chi connectivity index (χ2v) is 2.71. The Morgan fingerprint density at radius 3 is 2.20 bits per heavy atom. The van der Waals surface area contributed by atoms with Gasteiger partial charge in [-0.15, -0.1) is 6.58 Å². The molecular formula is C8H15NO. The zero-order chi connectivity index (χ0) is 8.15. The third kappa shape index (κ3) is 3.28. The molecule has 0 aromatic carbocycles. The van der Waals surface area contributed by atoms with E-state index in [2.05, 4.69) is 11.9 Å². The lowest BCUT2D eigenvalue weighted by atomic mass is 10.1. The first-order valence-corrected chi connectivity index (χ1v) is 3.47. The normalized spacial score (nSPS) is 12.8. The molecule has 2 heteroatoms. The first-order chi connectivity index (χ1) is 4.57. The lowest BCUT2D eigenvalue weighted by molar-refractivity contribution is -0.119. The van der Waals surface area contributed by atoms with E-state index in [-0.39, 0.29) is 11.9 Å². The van der Waals surface area contributed by atoms with Gasteiger partial charge >= 0.3 is 0 Å². The van der Waals surface area contributed by atoms with Crippen molar-refractivity contribution in [1.82, 2.24) is 5.32 Å². The van der Waals surface area contributed by atoms with Crippen molar-refractivity contribution in [3.63, 3.8) is 0 Å². The summed E-state index contributed by atoms with van der Waals surface area (Å²) in [5.41, 5.74) is 0. The quantitative estimate of drug-likeness (QED) is 0.590. The molecule has 0 rings (SSSR count). The Kier molecular flexibility index (Phi) is 3.77. The summed E-state index contributed by atoms with van der Waals surface area (Å²) in [5, 5.41) is 2.77. The van der Waals surface area contributed by atoms with Gasteiger partial charge in [0.2, 0.25) is 5.91 Å². The topological polar surface area (TPSA) is 29.1 Å². The molecule has 1 amide bonds. The fraction of sp³-hybridized carbons (Fsp3) is 0.625. The first-order valence-electron chi connectivity index (χ1n) is 3.47. The standard InChI is InChI=1S/C8H15NO/c1-5-8(6(2)3)9-7(4)10/h5-6,8H,1H2,2-4H3,(H,9,10). The number of hydrogen-bond acceptors (Lipinski definition) is 1. The van der Waals surface area contributed by atoms with E-state index < -0.39 is 0 Å². The minimum Gasteiger partial charge on any atom is -0.350 e. The van der Waals surface area contributed by atoms with Crippen molar-refractivity contribution in [2.75, 3.05) is 0 Å². The van der Waals surface area contributed by atoms with Gasteiger partial charge in [-0.1, -0.05) is 19.9 Å². The number of amides is 1. The molecule has 10 heavy (non-hydrogen) atoms. The largest absolute Gasteiger partial charge is 0.350 e. The lowest BCUT2D eigenvalue weighted by Gasteiger charge is -2.16. The Hall–Kier alpha value is -0.790. The Labute approximate surface area is 62.3 Å². The van der Waals surface area contributed by atoms with Gasteiger partial charge in [-0.25, -0.2) is 0 Å². The summed E-state index contributed by atoms with van der Waals surface area (Å²) >= 11 is 0. The van der Waals surface area contributed by atoms with Crippen molar-refractivity contribution >= 4 is 5.91 Å². The third-order valence-electron chi connectivity index (χ3n) is 1.34. The van der Waals surface area contributed by atoms with Crippen molar-refractivity contribution in [1.29, 1.82) is 0 Å². The number of hydrogen-bond donors (Lipinski definition) is 1. The predicted octanol–water partition coefficient (Wildman–Crippen LogP) is 1.33. The molecular weight excluding hydrogens is 126 g/mol. The fourth-order valence-electron chi connectivity index (χ4n) is 0.732. The van der Waals surface area contributed by atoms with Gasteiger partial charge in [0.25, 0.3) is 0 Å². The molecule has 0 bridgehead atoms. The van der Waals surface area contributed by atoms with Crippen LogP contribution >= 0.6 is 0 Å². The SMILES string of the molecule is C=CC(NC(C)=O)C(C)C. The van der Waals surface area contributed by atoms with Gasteiger partial charge < -0.3 is 5.32 Å². The summed E-state index contributed by atoms with van der Waals surface area (Å²) in [6.45, 7) is 9.22. The smallest absolute Gasteiger partial charge is 0.217 e. The van der Waals surface area contributed by atoms with Gasteiger partial charge in [0, 0.05) is 13.0 Å². The highest BCUT2D eigenvalue weighted by Crippen LogP contribution is 2.01. The Bertz CT molecular complexity index is 129. The van der Waals surface area contributed by atoms with E-state index >= 15 is 0 Å². The van der Waals surface area contributed by atoms with Crippen LogP contribution in [-0.4, -0.2) is 11.9 Å². The molecule has 2 nitrogen and oxygen atoms in total. The van der Waals surface area contributed by atoms with Crippen LogP contribution in [0.2, 0.25) is 0 Å². The Morgan fingerprint density at radius 2 is 2.10 bits per heavy atom. The van der Waals surface area contributed by atoms with Crippen LogP contribution < -0.4 is 5.32 Å². The molecule has 0 aromatic heterocycles. The average Bonchev–Trinajstić information content (AvgIpc) is 1.81. The molecule has 1 atom stereocenters. The van der Waals surface area contributed by atoms with E-state index in [1.165, 1.54) is 6.92 Å². The maximum atomic E-state index is 10.6. The molecule has 1 unspecified atom stereocenters. The average molecular weight is 141 g/mol. The molecule has 0 radical (unpaired) electrons. The molecule has 0 saturated heterocycles. The Morgan fingerprint density at radius 1 is 1.60 bits per heavy atom. The van der Waals surface area contributed by atoms with Gasteiger partial charge in [-0.05, 0) is 5.92 Å². The monoisotopic (exact) mass is 141 g/mol. The van der Waals surface area contributed by atoms with Gasteiger partial charge in [-0.2, -0.15) is 0 Å². The van der Waals surface area contributed by atoms with E-state index in [0.717, 1.165) is 0 Å². The van der Waals surface area contributed by atoms with Crippen molar-refractivity contribution in [2.24, 2.45) is 5.92 Å². The minimum atomic E-state index is -0.00130. The van der Waals surface area contributed by atoms with Gasteiger partial charge in [-0.3, -0.25) is 4.79 Å². The van der Waals surface area contributed by atoms with E-state index in [1.807, 2.05) is 13.8 Å². The number of carbonyl (C=O) groups is 1. The van der Waals surface area contributed by atoms with Crippen LogP contribution in [-0.2, 0) is 4.79 Å². The molecule has 0 aliphatic heterocycles. The highest BCUT2D eigenvalue weighted by molar-refractivity contribution is 5.73. The fourth-order valence-corrected chi connectivity index (χ4v) is 0.732. The summed E-state index contributed by atoms with van der Waals surface area (Å²) in [6.07, 6.45) is 1.76. The summed E-state index contributed by atoms with van der Waals surface area (Å²) in [5.74, 6) is 0.417. The maximum absolute atomic E-state index is 10.6. The van der Waals surface area contributed by atoms with E-state index in [0.29, 0.717) is 5.92 Å². The van der Waals surface area contributed by atoms with Crippen molar-refractivity contribution in [3.05, 3.63) is 12.7 Å². The predicted molar refractivity (Wildman–Crippen MR) is 42.6 cm³/mol. The van der Waals surface area contributed by atoms with Crippen molar-refractivity contribution in [3.8, 4) is 0 Å². The molecule has 0 saturated carbocycles. The first kappa shape index (κ1) is 9.21. The van der Waals surface area contributed by atoms with E-state index in [4.69, 9.17) is 0 Å². The van der Waals surface area contributed by atoms with Crippen LogP contribution in [0.5, 0.6) is 0 Å². The second-order valence-electron chi connectivity index (χ2n) is 2.71. The van der Waals surface area contributed by atoms with Crippen molar-refractivity contribution < 1.29 is 4.79 Å². The number of carbonyl (C=O) groups excluding carboxylic acids is 1. The van der Waals surface area contributed by atoms with Crippen LogP contribution in [0.3, 0.4) is 0 Å². The molecule has 0 fully saturated rings. The van der Waals surface area contributed by atoms with Gasteiger partial charge in [0.05, 0.1) is 0 Å². The summed E-state index contributed by atoms with van der Waals surface area (Å²) in [7, 11) is 0. The van der Waals surface area contributed by atoms with Crippen LogP contribution in [0, 0.1) is 5.92 Å². The van der Waals surface area contributed by atoms with E-state index in [1.54, 1.807) is 6.08 Å². The summed E-state index contributed by atoms with van der Waals surface area (Å²) in [6, 6.07) is 0.109. The molecule has 0 spiro atoms. The summed E-state index contributed by atoms with van der Waals surface area (Å²) < 4.78 is 0. The minimum absolute atomic E-state index is 0.00130. The summed E-state index contributed by atoms with van der Waals surface area (Å²) in [4.78, 5) is 10.6. The zero-order valence-electron chi connectivity index (χ0n) is 6.85. The molecule has 1 N–H and O–H groups in total. The maximum Gasteiger partial charge on any atom is 0.217 e. The Balaban J connectivity index is 3.83. The molecule has 58 valence electrons. The van der Waals surface area contributed by atoms with Crippen LogP contribution in [0.15, 0.2) is 12.7 Å². The number of rotatable bonds is 3. The highest BCUT2D eigenvalue weighted by Gasteiger charge is 2.08. The van der Waals surface area contributed by atoms with E-state index in [9.17, 15) is 4.79 Å². The highest BCUT2D eigenvalue weighted by atomic mass is 16.1.